The Morgan fingerprint density at radius 1 is 0.457 bits per heavy atom. The second kappa shape index (κ2) is 9.93. The van der Waals surface area contributed by atoms with Crippen molar-refractivity contribution in [3.05, 3.63) is 169 Å². The van der Waals surface area contributed by atoms with E-state index in [9.17, 15) is 0 Å². The van der Waals surface area contributed by atoms with Crippen LogP contribution in [-0.4, -0.2) is 4.57 Å². The summed E-state index contributed by atoms with van der Waals surface area (Å²) in [5.41, 5.74) is 12.7. The highest BCUT2D eigenvalue weighted by Gasteiger charge is 2.24. The predicted molar refractivity (Wildman–Crippen MR) is 197 cm³/mol. The van der Waals surface area contributed by atoms with Gasteiger partial charge in [-0.1, -0.05) is 97.1 Å². The molecule has 0 spiro atoms. The molecule has 2 nitrogen and oxygen atoms in total. The van der Waals surface area contributed by atoms with Crippen LogP contribution < -0.4 is 4.90 Å². The number of aromatic nitrogens is 1. The topological polar surface area (TPSA) is 8.17 Å². The molecule has 46 heavy (non-hydrogen) atoms. The summed E-state index contributed by atoms with van der Waals surface area (Å²) in [5.74, 6) is 0. The number of para-hydroxylation sites is 3. The summed E-state index contributed by atoms with van der Waals surface area (Å²) in [6, 6.07) is 57.4. The van der Waals surface area contributed by atoms with Gasteiger partial charge in [-0.3, -0.25) is 0 Å². The van der Waals surface area contributed by atoms with Gasteiger partial charge in [0.05, 0.1) is 11.0 Å². The fraction of sp³-hybridized carbons (Fsp3) is 0.0233. The number of thiophene rings is 1. The predicted octanol–water partition coefficient (Wildman–Crippen LogP) is 12.2. The molecule has 2 aromatic heterocycles. The monoisotopic (exact) mass is 604 g/mol. The van der Waals surface area contributed by atoms with Crippen molar-refractivity contribution in [2.45, 2.75) is 6.42 Å². The van der Waals surface area contributed by atoms with Crippen molar-refractivity contribution in [3.8, 4) is 16.8 Å². The number of benzene rings is 7. The third-order valence-electron chi connectivity index (χ3n) is 9.59. The van der Waals surface area contributed by atoms with Gasteiger partial charge >= 0.3 is 0 Å². The largest absolute Gasteiger partial charge is 0.311 e. The summed E-state index contributed by atoms with van der Waals surface area (Å²) in [6.45, 7) is 0. The maximum Gasteiger partial charge on any atom is 0.0555 e. The third-order valence-corrected chi connectivity index (χ3v) is 10.8. The standard InChI is InChI=1S/C43H28N2S/c1-3-12-30(13-4-1)44(31-14-5-2-6-15-31)32-20-22-33(23-21-32)45-38-18-10-9-17-37(38)41-39(45)26-25-36-35-24-19-29-27-28-11-7-8-16-34(28)40(29)42(35)46-43(36)41/h1-26H,27H2. The summed E-state index contributed by atoms with van der Waals surface area (Å²) >= 11 is 1.97. The molecule has 0 radical (unpaired) electrons. The maximum atomic E-state index is 2.44. The fourth-order valence-corrected chi connectivity index (χ4v) is 9.03. The van der Waals surface area contributed by atoms with Gasteiger partial charge in [0.1, 0.15) is 0 Å². The van der Waals surface area contributed by atoms with E-state index in [1.54, 1.807) is 0 Å². The molecule has 0 atom stereocenters. The van der Waals surface area contributed by atoms with E-state index < -0.39 is 0 Å². The van der Waals surface area contributed by atoms with E-state index in [0.717, 1.165) is 29.2 Å². The van der Waals surface area contributed by atoms with Crippen LogP contribution in [0.3, 0.4) is 0 Å². The lowest BCUT2D eigenvalue weighted by Gasteiger charge is -2.25. The number of rotatable bonds is 4. The van der Waals surface area contributed by atoms with Crippen LogP contribution in [0.5, 0.6) is 0 Å². The zero-order chi connectivity index (χ0) is 30.2. The summed E-state index contributed by atoms with van der Waals surface area (Å²) in [7, 11) is 0. The number of nitrogens with zero attached hydrogens (tertiary/aromatic N) is 2. The van der Waals surface area contributed by atoms with E-state index in [-0.39, 0.29) is 0 Å². The molecule has 0 amide bonds. The van der Waals surface area contributed by atoms with Crippen LogP contribution in [0.15, 0.2) is 158 Å². The Kier molecular flexibility index (Phi) is 5.54. The van der Waals surface area contributed by atoms with E-state index in [0.29, 0.717) is 0 Å². The molecule has 0 bridgehead atoms. The minimum atomic E-state index is 1.02. The SMILES string of the molecule is c1ccc(N(c2ccccc2)c2ccc(-n3c4ccccc4c4c5sc6c7c(ccc6c5ccc43)Cc3ccccc3-7)cc2)cc1. The van der Waals surface area contributed by atoms with Gasteiger partial charge in [-0.05, 0) is 83.8 Å². The van der Waals surface area contributed by atoms with Crippen LogP contribution in [0.25, 0.3) is 58.8 Å². The van der Waals surface area contributed by atoms with Crippen molar-refractivity contribution in [1.82, 2.24) is 4.57 Å². The lowest BCUT2D eigenvalue weighted by atomic mass is 10.0. The molecule has 2 heterocycles. The van der Waals surface area contributed by atoms with E-state index in [4.69, 9.17) is 0 Å². The van der Waals surface area contributed by atoms with E-state index in [2.05, 4.69) is 167 Å². The molecule has 10 rings (SSSR count). The zero-order valence-corrected chi connectivity index (χ0v) is 25.8. The zero-order valence-electron chi connectivity index (χ0n) is 25.0. The molecule has 216 valence electrons. The van der Waals surface area contributed by atoms with Gasteiger partial charge in [-0.15, -0.1) is 11.3 Å². The van der Waals surface area contributed by atoms with E-state index >= 15 is 0 Å². The van der Waals surface area contributed by atoms with Gasteiger partial charge in [-0.25, -0.2) is 0 Å². The molecule has 3 heteroatoms. The molecule has 9 aromatic rings. The lowest BCUT2D eigenvalue weighted by Crippen LogP contribution is -2.09. The van der Waals surface area contributed by atoms with Gasteiger partial charge in [0, 0.05) is 59.3 Å². The van der Waals surface area contributed by atoms with Crippen LogP contribution >= 0.6 is 11.3 Å². The van der Waals surface area contributed by atoms with Gasteiger partial charge in [-0.2, -0.15) is 0 Å². The highest BCUT2D eigenvalue weighted by molar-refractivity contribution is 7.27. The van der Waals surface area contributed by atoms with Crippen molar-refractivity contribution < 1.29 is 0 Å². The number of hydrogen-bond donors (Lipinski definition) is 0. The molecule has 1 aliphatic carbocycles. The van der Waals surface area contributed by atoms with Crippen molar-refractivity contribution in [1.29, 1.82) is 0 Å². The second-order valence-electron chi connectivity index (χ2n) is 12.1. The minimum absolute atomic E-state index is 1.02. The summed E-state index contributed by atoms with van der Waals surface area (Å²) in [5, 5.41) is 5.35. The van der Waals surface area contributed by atoms with Crippen LogP contribution in [0.2, 0.25) is 0 Å². The Hall–Kier alpha value is -5.64. The Morgan fingerprint density at radius 2 is 1.09 bits per heavy atom. The highest BCUT2D eigenvalue weighted by atomic mass is 32.1. The Morgan fingerprint density at radius 3 is 1.87 bits per heavy atom. The highest BCUT2D eigenvalue weighted by Crippen LogP contribution is 2.49. The first-order valence-corrected chi connectivity index (χ1v) is 16.6. The van der Waals surface area contributed by atoms with Crippen molar-refractivity contribution >= 4 is 70.4 Å². The van der Waals surface area contributed by atoms with Gasteiger partial charge < -0.3 is 9.47 Å². The Balaban J connectivity index is 1.18. The maximum absolute atomic E-state index is 2.44. The first kappa shape index (κ1) is 25.7. The van der Waals surface area contributed by atoms with Crippen LogP contribution in [0.1, 0.15) is 11.1 Å². The molecule has 1 aliphatic rings. The molecule has 7 aromatic carbocycles. The van der Waals surface area contributed by atoms with Crippen LogP contribution in [0.4, 0.5) is 17.1 Å². The molecule has 0 saturated carbocycles. The molecule has 0 unspecified atom stereocenters. The first-order valence-electron chi connectivity index (χ1n) is 15.8. The minimum Gasteiger partial charge on any atom is -0.311 e. The first-order chi connectivity index (χ1) is 22.8. The quantitative estimate of drug-likeness (QED) is 0.194. The van der Waals surface area contributed by atoms with Crippen LogP contribution in [-0.2, 0) is 6.42 Å². The second-order valence-corrected chi connectivity index (χ2v) is 13.1. The molecule has 0 saturated heterocycles. The average Bonchev–Trinajstić information content (AvgIpc) is 3.79. The fourth-order valence-electron chi connectivity index (χ4n) is 7.59. The van der Waals surface area contributed by atoms with Crippen molar-refractivity contribution in [2.75, 3.05) is 4.90 Å². The van der Waals surface area contributed by atoms with Gasteiger partial charge in [0.15, 0.2) is 0 Å². The van der Waals surface area contributed by atoms with Crippen molar-refractivity contribution in [3.63, 3.8) is 0 Å². The van der Waals surface area contributed by atoms with Crippen LogP contribution in [0, 0.1) is 0 Å². The normalized spacial score (nSPS) is 12.3. The van der Waals surface area contributed by atoms with Crippen molar-refractivity contribution in [2.24, 2.45) is 0 Å². The molecule has 0 aliphatic heterocycles. The Bertz CT molecular complexity index is 2550. The van der Waals surface area contributed by atoms with E-state index in [1.165, 1.54) is 64.2 Å². The number of anilines is 3. The summed E-state index contributed by atoms with van der Waals surface area (Å²) < 4.78 is 5.22. The third kappa shape index (κ3) is 3.70. The Labute approximate surface area is 271 Å². The summed E-state index contributed by atoms with van der Waals surface area (Å²) in [4.78, 5) is 2.31. The van der Waals surface area contributed by atoms with Gasteiger partial charge in [0.25, 0.3) is 0 Å². The van der Waals surface area contributed by atoms with Gasteiger partial charge in [0.2, 0.25) is 0 Å². The smallest absolute Gasteiger partial charge is 0.0555 e. The number of hydrogen-bond acceptors (Lipinski definition) is 2. The molecule has 0 N–H and O–H groups in total. The summed E-state index contributed by atoms with van der Waals surface area (Å²) in [6.07, 6.45) is 1.02. The average molecular weight is 605 g/mol. The van der Waals surface area contributed by atoms with E-state index in [1.807, 2.05) is 11.3 Å². The lowest BCUT2D eigenvalue weighted by molar-refractivity contribution is 1.17. The molecule has 0 fully saturated rings. The molecular weight excluding hydrogens is 577 g/mol. The number of fused-ring (bicyclic) bond motifs is 11. The molecular formula is C43H28N2S.